The summed E-state index contributed by atoms with van der Waals surface area (Å²) in [7, 11) is 0. The van der Waals surface area contributed by atoms with Crippen molar-refractivity contribution in [2.75, 3.05) is 11.1 Å². The number of halogens is 1. The van der Waals surface area contributed by atoms with E-state index in [1.807, 2.05) is 37.3 Å². The number of aliphatic hydroxyl groups excluding tert-OH is 1. The molecule has 0 unspecified atom stereocenters. The quantitative estimate of drug-likeness (QED) is 0.280. The summed E-state index contributed by atoms with van der Waals surface area (Å²) in [6, 6.07) is 9.30. The molecule has 0 spiro atoms. The van der Waals surface area contributed by atoms with Gasteiger partial charge in [-0.05, 0) is 35.9 Å². The number of rotatable bonds is 6. The zero-order valence-electron chi connectivity index (χ0n) is 16.9. The van der Waals surface area contributed by atoms with E-state index in [1.54, 1.807) is 6.20 Å². The number of aryl methyl sites for hydroxylation is 1. The summed E-state index contributed by atoms with van der Waals surface area (Å²) in [5.74, 6) is 1.40. The van der Waals surface area contributed by atoms with Crippen molar-refractivity contribution < 1.29 is 9.52 Å². The van der Waals surface area contributed by atoms with Gasteiger partial charge in [-0.15, -0.1) is 10.2 Å². The third kappa shape index (κ3) is 3.68. The van der Waals surface area contributed by atoms with Crippen LogP contribution in [-0.4, -0.2) is 30.5 Å². The van der Waals surface area contributed by atoms with Crippen LogP contribution in [0.1, 0.15) is 18.2 Å². The minimum absolute atomic E-state index is 0.137. The summed E-state index contributed by atoms with van der Waals surface area (Å²) >= 11 is 7.85. The van der Waals surface area contributed by atoms with Crippen LogP contribution in [0.4, 0.5) is 16.6 Å². The van der Waals surface area contributed by atoms with E-state index in [4.69, 9.17) is 21.8 Å². The number of nitrogens with one attached hydrogen (secondary N) is 2. The summed E-state index contributed by atoms with van der Waals surface area (Å²) in [6.45, 7) is 1.81. The number of aromatic amines is 1. The number of nitrogens with two attached hydrogens (primary N) is 1. The van der Waals surface area contributed by atoms with E-state index in [9.17, 15) is 5.11 Å². The molecule has 11 heteroatoms. The van der Waals surface area contributed by atoms with Gasteiger partial charge < -0.3 is 20.6 Å². The van der Waals surface area contributed by atoms with E-state index >= 15 is 0 Å². The molecule has 5 rings (SSSR count). The summed E-state index contributed by atoms with van der Waals surface area (Å²) in [6.07, 6.45) is 2.32. The highest BCUT2D eigenvalue weighted by atomic mass is 35.5. The van der Waals surface area contributed by atoms with Crippen molar-refractivity contribution in [1.82, 2.24) is 25.4 Å². The summed E-state index contributed by atoms with van der Waals surface area (Å²) in [5, 5.41) is 31.0. The number of oxazole rings is 1. The summed E-state index contributed by atoms with van der Waals surface area (Å²) in [4.78, 5) is 4.32. The molecule has 0 aliphatic heterocycles. The van der Waals surface area contributed by atoms with Crippen LogP contribution in [-0.2, 0) is 13.0 Å². The predicted octanol–water partition coefficient (Wildman–Crippen LogP) is 4.77. The lowest BCUT2D eigenvalue weighted by molar-refractivity contribution is 0.282. The van der Waals surface area contributed by atoms with Gasteiger partial charge >= 0.3 is 0 Å². The number of aliphatic hydroxyl groups is 1. The Kier molecular flexibility index (Phi) is 5.25. The standard InChI is InChI=1S/C21H18ClN7O2S/c1-2-16-18(23)26-19(31-16)11-5-10(9-30)6-12(7-11)20-28-29-21(32-20)25-15-4-3-14-13(17(15)22)8-24-27-14/h3-8,30H,2,9,23H2,1H3,(H,24,27)(H,25,29). The minimum atomic E-state index is -0.137. The van der Waals surface area contributed by atoms with Crippen LogP contribution >= 0.6 is 22.9 Å². The van der Waals surface area contributed by atoms with Crippen LogP contribution < -0.4 is 11.1 Å². The largest absolute Gasteiger partial charge is 0.439 e. The number of H-pyrrole nitrogens is 1. The van der Waals surface area contributed by atoms with Gasteiger partial charge in [-0.1, -0.05) is 29.9 Å². The van der Waals surface area contributed by atoms with Crippen LogP contribution in [0.25, 0.3) is 32.9 Å². The van der Waals surface area contributed by atoms with Crippen LogP contribution in [0.2, 0.25) is 5.02 Å². The maximum atomic E-state index is 9.74. The second kappa shape index (κ2) is 8.23. The molecule has 0 fully saturated rings. The van der Waals surface area contributed by atoms with Gasteiger partial charge in [0.15, 0.2) is 5.82 Å². The van der Waals surface area contributed by atoms with Crippen molar-refractivity contribution in [1.29, 1.82) is 0 Å². The van der Waals surface area contributed by atoms with Crippen LogP contribution in [0, 0.1) is 0 Å². The maximum Gasteiger partial charge on any atom is 0.228 e. The molecule has 9 nitrogen and oxygen atoms in total. The molecule has 0 aliphatic rings. The van der Waals surface area contributed by atoms with E-state index in [2.05, 4.69) is 30.7 Å². The van der Waals surface area contributed by atoms with E-state index in [1.165, 1.54) is 11.3 Å². The molecule has 5 aromatic rings. The first-order valence-electron chi connectivity index (χ1n) is 9.78. The number of aromatic nitrogens is 5. The van der Waals surface area contributed by atoms with Crippen molar-refractivity contribution >= 4 is 50.5 Å². The van der Waals surface area contributed by atoms with Crippen LogP contribution in [0.5, 0.6) is 0 Å². The van der Waals surface area contributed by atoms with Gasteiger partial charge in [-0.3, -0.25) is 5.10 Å². The van der Waals surface area contributed by atoms with Crippen LogP contribution in [0.15, 0.2) is 40.9 Å². The average molecular weight is 468 g/mol. The van der Waals surface area contributed by atoms with Gasteiger partial charge in [-0.25, -0.2) is 0 Å². The fourth-order valence-electron chi connectivity index (χ4n) is 3.36. The second-order valence-corrected chi connectivity index (χ2v) is 8.41. The topological polar surface area (TPSA) is 139 Å². The first-order valence-corrected chi connectivity index (χ1v) is 11.0. The smallest absolute Gasteiger partial charge is 0.228 e. The monoisotopic (exact) mass is 467 g/mol. The molecule has 3 aromatic heterocycles. The first kappa shape index (κ1) is 20.4. The average Bonchev–Trinajstić information content (AvgIpc) is 3.55. The number of hydrogen-bond donors (Lipinski definition) is 4. The molecule has 0 radical (unpaired) electrons. The Labute approximate surface area is 191 Å². The molecule has 5 N–H and O–H groups in total. The highest BCUT2D eigenvalue weighted by molar-refractivity contribution is 7.18. The lowest BCUT2D eigenvalue weighted by Crippen LogP contribution is -1.90. The highest BCUT2D eigenvalue weighted by Gasteiger charge is 2.16. The number of hydrogen-bond acceptors (Lipinski definition) is 9. The Morgan fingerprint density at radius 1 is 1.22 bits per heavy atom. The van der Waals surface area contributed by atoms with Gasteiger partial charge in [0.2, 0.25) is 11.0 Å². The Hall–Kier alpha value is -3.47. The van der Waals surface area contributed by atoms with Crippen molar-refractivity contribution in [3.05, 3.63) is 52.9 Å². The Morgan fingerprint density at radius 2 is 2.06 bits per heavy atom. The molecular weight excluding hydrogens is 450 g/mol. The molecule has 0 aliphatic carbocycles. The van der Waals surface area contributed by atoms with E-state index in [0.29, 0.717) is 55.9 Å². The van der Waals surface area contributed by atoms with Gasteiger partial charge in [0, 0.05) is 22.9 Å². The third-order valence-electron chi connectivity index (χ3n) is 4.94. The maximum absolute atomic E-state index is 9.74. The molecule has 0 atom stereocenters. The SMILES string of the molecule is CCc1oc(-c2cc(CO)cc(-c3nnc(Nc4ccc5[nH]ncc5c4Cl)s3)c2)nc1N. The number of benzene rings is 2. The first-order chi connectivity index (χ1) is 15.6. The van der Waals surface area contributed by atoms with E-state index < -0.39 is 0 Å². The van der Waals surface area contributed by atoms with E-state index in [-0.39, 0.29) is 6.61 Å². The Morgan fingerprint density at radius 3 is 2.84 bits per heavy atom. The molecule has 0 saturated heterocycles. The highest BCUT2D eigenvalue weighted by Crippen LogP contribution is 2.36. The van der Waals surface area contributed by atoms with E-state index in [0.717, 1.165) is 16.5 Å². The molecular formula is C21H18ClN7O2S. The molecule has 0 amide bonds. The molecule has 3 heterocycles. The lowest BCUT2D eigenvalue weighted by atomic mass is 10.1. The minimum Gasteiger partial charge on any atom is -0.439 e. The third-order valence-corrected chi connectivity index (χ3v) is 6.24. The number of nitrogens with zero attached hydrogens (tertiary/aromatic N) is 4. The second-order valence-electron chi connectivity index (χ2n) is 7.05. The summed E-state index contributed by atoms with van der Waals surface area (Å²) in [5.41, 5.74) is 9.67. The molecule has 32 heavy (non-hydrogen) atoms. The number of fused-ring (bicyclic) bond motifs is 1. The molecule has 0 bridgehead atoms. The Balaban J connectivity index is 1.48. The van der Waals surface area contributed by atoms with Crippen molar-refractivity contribution in [2.24, 2.45) is 0 Å². The summed E-state index contributed by atoms with van der Waals surface area (Å²) < 4.78 is 5.78. The Bertz CT molecular complexity index is 1430. The van der Waals surface area contributed by atoms with Crippen molar-refractivity contribution in [3.63, 3.8) is 0 Å². The van der Waals surface area contributed by atoms with Crippen molar-refractivity contribution in [2.45, 2.75) is 20.0 Å². The molecule has 2 aromatic carbocycles. The molecule has 162 valence electrons. The predicted molar refractivity (Wildman–Crippen MR) is 125 cm³/mol. The lowest BCUT2D eigenvalue weighted by Gasteiger charge is -2.05. The number of nitrogen functional groups attached to an aromatic ring is 1. The van der Waals surface area contributed by atoms with Gasteiger partial charge in [0.05, 0.1) is 29.0 Å². The molecule has 0 saturated carbocycles. The fourth-order valence-corrected chi connectivity index (χ4v) is 4.36. The zero-order valence-corrected chi connectivity index (χ0v) is 18.5. The zero-order chi connectivity index (χ0) is 22.2. The van der Waals surface area contributed by atoms with Crippen molar-refractivity contribution in [3.8, 4) is 22.0 Å². The van der Waals surface area contributed by atoms with Gasteiger partial charge in [0.25, 0.3) is 0 Å². The van der Waals surface area contributed by atoms with Gasteiger partial charge in [-0.2, -0.15) is 10.1 Å². The normalized spacial score (nSPS) is 11.3. The van der Waals surface area contributed by atoms with Crippen LogP contribution in [0.3, 0.4) is 0 Å². The fraction of sp³-hybridized carbons (Fsp3) is 0.143. The number of anilines is 3. The van der Waals surface area contributed by atoms with Gasteiger partial charge in [0.1, 0.15) is 10.8 Å².